The van der Waals surface area contributed by atoms with Crippen LogP contribution in [0.15, 0.2) is 58.5 Å². The lowest BCUT2D eigenvalue weighted by molar-refractivity contribution is -0.763. The van der Waals surface area contributed by atoms with Crippen LogP contribution in [0.5, 0.6) is 5.75 Å². The van der Waals surface area contributed by atoms with Crippen LogP contribution in [-0.2, 0) is 9.59 Å². The Morgan fingerprint density at radius 3 is 2.52 bits per heavy atom. The van der Waals surface area contributed by atoms with Gasteiger partial charge in [0.05, 0.1) is 11.3 Å². The molecule has 1 amide bonds. The summed E-state index contributed by atoms with van der Waals surface area (Å²) in [6.45, 7) is 4.79. The number of fused-ring (bicyclic) bond motifs is 3. The number of hydrogen-bond donors (Lipinski definition) is 1. The fraction of sp³-hybridized carbons (Fsp3) is 0.227. The number of para-hydroxylation sites is 1. The number of carbonyl (C=O) groups excluding carboxylic acids is 2. The molecular formula is C22H21N4O4S+. The molecule has 1 aliphatic rings. The van der Waals surface area contributed by atoms with Gasteiger partial charge in [-0.15, -0.1) is 0 Å². The molecule has 0 unspecified atom stereocenters. The Morgan fingerprint density at radius 1 is 1.16 bits per heavy atom. The number of thioether (sulfide) groups is 1. The third kappa shape index (κ3) is 3.84. The van der Waals surface area contributed by atoms with Crippen molar-refractivity contribution in [3.05, 3.63) is 64.4 Å². The first-order valence-corrected chi connectivity index (χ1v) is 10.8. The number of nitrogens with one attached hydrogen (secondary N) is 1. The lowest BCUT2D eigenvalue weighted by Crippen LogP contribution is -2.60. The highest BCUT2D eigenvalue weighted by Gasteiger charge is 2.44. The first kappa shape index (κ1) is 20.8. The molecule has 0 spiro atoms. The Balaban J connectivity index is 1.96. The number of ether oxygens (including phenoxy) is 1. The van der Waals surface area contributed by atoms with Crippen LogP contribution in [0.3, 0.4) is 0 Å². The molecule has 3 aromatic rings. The smallest absolute Gasteiger partial charge is 0.325 e. The zero-order valence-corrected chi connectivity index (χ0v) is 18.1. The van der Waals surface area contributed by atoms with Gasteiger partial charge in [0.1, 0.15) is 5.75 Å². The van der Waals surface area contributed by atoms with Crippen LogP contribution in [-0.4, -0.2) is 27.7 Å². The fourth-order valence-corrected chi connectivity index (χ4v) is 4.27. The molecular weight excluding hydrogens is 416 g/mol. The van der Waals surface area contributed by atoms with Gasteiger partial charge in [-0.2, -0.15) is 0 Å². The third-order valence-electron chi connectivity index (χ3n) is 4.82. The highest BCUT2D eigenvalue weighted by Crippen LogP contribution is 2.37. The summed E-state index contributed by atoms with van der Waals surface area (Å²) in [6.07, 6.45) is -0.674. The third-order valence-corrected chi connectivity index (χ3v) is 5.56. The molecule has 0 aliphatic carbocycles. The molecule has 0 radical (unpaired) electrons. The molecule has 2 heterocycles. The Labute approximate surface area is 182 Å². The minimum atomic E-state index is -0.674. The number of anilines is 1. The van der Waals surface area contributed by atoms with Gasteiger partial charge < -0.3 is 4.74 Å². The van der Waals surface area contributed by atoms with E-state index in [-0.39, 0.29) is 11.5 Å². The molecule has 9 heteroatoms. The van der Waals surface area contributed by atoms with Crippen LogP contribution in [0, 0.1) is 0 Å². The summed E-state index contributed by atoms with van der Waals surface area (Å²) in [6, 6.07) is 14.1. The van der Waals surface area contributed by atoms with E-state index in [1.165, 1.54) is 25.6 Å². The molecule has 4 rings (SSSR count). The highest BCUT2D eigenvalue weighted by atomic mass is 32.2. The second-order valence-corrected chi connectivity index (χ2v) is 8.18. The summed E-state index contributed by atoms with van der Waals surface area (Å²) in [5.74, 6) is 0.523. The maximum atomic E-state index is 13.1. The van der Waals surface area contributed by atoms with Crippen LogP contribution < -0.4 is 19.9 Å². The van der Waals surface area contributed by atoms with Gasteiger partial charge in [-0.1, -0.05) is 30.8 Å². The summed E-state index contributed by atoms with van der Waals surface area (Å²) in [4.78, 5) is 41.6. The van der Waals surface area contributed by atoms with Crippen molar-refractivity contribution >= 4 is 29.3 Å². The fourth-order valence-electron chi connectivity index (χ4n) is 3.69. The second-order valence-electron chi connectivity index (χ2n) is 6.93. The van der Waals surface area contributed by atoms with Crippen LogP contribution in [0.1, 0.15) is 32.5 Å². The van der Waals surface area contributed by atoms with Gasteiger partial charge in [-0.25, -0.2) is 4.90 Å². The molecule has 0 bridgehead atoms. The first-order chi connectivity index (χ1) is 14.9. The van der Waals surface area contributed by atoms with Crippen molar-refractivity contribution in [1.82, 2.24) is 10.1 Å². The number of benzene rings is 2. The lowest BCUT2D eigenvalue weighted by atomic mass is 10.0. The van der Waals surface area contributed by atoms with E-state index >= 15 is 0 Å². The Kier molecular flexibility index (Phi) is 5.60. The molecule has 2 aromatic carbocycles. The summed E-state index contributed by atoms with van der Waals surface area (Å²) in [5, 5.41) is 5.14. The van der Waals surface area contributed by atoms with Gasteiger partial charge in [0.2, 0.25) is 11.1 Å². The van der Waals surface area contributed by atoms with Crippen LogP contribution in [0.2, 0.25) is 0 Å². The van der Waals surface area contributed by atoms with Crippen LogP contribution in [0.25, 0.3) is 11.3 Å². The highest BCUT2D eigenvalue weighted by molar-refractivity contribution is 7.99. The number of aromatic nitrogens is 3. The largest absolute Gasteiger partial charge is 0.427 e. The van der Waals surface area contributed by atoms with Gasteiger partial charge >= 0.3 is 17.2 Å². The molecule has 158 valence electrons. The number of esters is 1. The Morgan fingerprint density at radius 2 is 1.87 bits per heavy atom. The molecule has 8 nitrogen and oxygen atoms in total. The maximum Gasteiger partial charge on any atom is 0.325 e. The summed E-state index contributed by atoms with van der Waals surface area (Å²) in [7, 11) is 0. The topological polar surface area (TPSA) is 96.2 Å². The van der Waals surface area contributed by atoms with E-state index in [1.807, 2.05) is 25.1 Å². The van der Waals surface area contributed by atoms with E-state index in [2.05, 4.69) is 10.1 Å². The standard InChI is InChI=1S/C22H20N4O4S/c1-4-31-22-23-20(29)19-17-7-5-6-8-18(17)25(13(2)27)21(26(19)24-22)15-9-11-16(12-10-15)30-14(3)28/h5-12,21H,4H2,1-3H3/p+1/t21-/m0/s1. The van der Waals surface area contributed by atoms with Crippen LogP contribution in [0.4, 0.5) is 5.69 Å². The van der Waals surface area contributed by atoms with Gasteiger partial charge in [0, 0.05) is 24.5 Å². The van der Waals surface area contributed by atoms with E-state index in [1.54, 1.807) is 39.9 Å². The normalized spacial score (nSPS) is 14.5. The minimum Gasteiger partial charge on any atom is -0.427 e. The number of rotatable bonds is 4. The Hall–Kier alpha value is -3.46. The molecule has 0 saturated carbocycles. The number of aromatic amines is 1. The minimum absolute atomic E-state index is 0.188. The summed E-state index contributed by atoms with van der Waals surface area (Å²) >= 11 is 1.41. The molecule has 1 atom stereocenters. The second kappa shape index (κ2) is 8.35. The van der Waals surface area contributed by atoms with Gasteiger partial charge in [-0.05, 0) is 46.8 Å². The summed E-state index contributed by atoms with van der Waals surface area (Å²) in [5.41, 5.74) is 2.09. The van der Waals surface area contributed by atoms with Crippen molar-refractivity contribution in [3.8, 4) is 17.0 Å². The maximum absolute atomic E-state index is 13.1. The van der Waals surface area contributed by atoms with Crippen molar-refractivity contribution in [2.24, 2.45) is 0 Å². The molecule has 31 heavy (non-hydrogen) atoms. The number of H-pyrrole nitrogens is 1. The predicted molar refractivity (Wildman–Crippen MR) is 116 cm³/mol. The average Bonchev–Trinajstić information content (AvgIpc) is 2.73. The number of amides is 1. The van der Waals surface area contributed by atoms with Crippen molar-refractivity contribution in [2.75, 3.05) is 10.7 Å². The van der Waals surface area contributed by atoms with E-state index in [0.29, 0.717) is 27.9 Å². The molecule has 1 aromatic heterocycles. The SMILES string of the molecule is CCSc1n[n+]2c(c(=O)[nH]1)-c1ccccc1N(C(C)=O)[C@@H]2c1ccc(OC(C)=O)cc1. The van der Waals surface area contributed by atoms with Crippen LogP contribution >= 0.6 is 11.8 Å². The predicted octanol–water partition coefficient (Wildman–Crippen LogP) is 2.68. The number of carbonyl (C=O) groups is 2. The molecule has 0 fully saturated rings. The zero-order valence-electron chi connectivity index (χ0n) is 17.3. The first-order valence-electron chi connectivity index (χ1n) is 9.77. The lowest BCUT2D eigenvalue weighted by Gasteiger charge is -2.31. The van der Waals surface area contributed by atoms with Crippen molar-refractivity contribution in [2.45, 2.75) is 32.1 Å². The van der Waals surface area contributed by atoms with Gasteiger partial charge in [0.15, 0.2) is 0 Å². The van der Waals surface area contributed by atoms with Crippen molar-refractivity contribution in [1.29, 1.82) is 0 Å². The number of hydrogen-bond acceptors (Lipinski definition) is 6. The quantitative estimate of drug-likeness (QED) is 0.292. The van der Waals surface area contributed by atoms with Crippen molar-refractivity contribution in [3.63, 3.8) is 0 Å². The van der Waals surface area contributed by atoms with E-state index in [9.17, 15) is 14.4 Å². The number of nitrogens with zero attached hydrogens (tertiary/aromatic N) is 3. The van der Waals surface area contributed by atoms with E-state index in [0.717, 1.165) is 11.3 Å². The average molecular weight is 438 g/mol. The molecule has 1 aliphatic heterocycles. The molecule has 0 saturated heterocycles. The zero-order chi connectivity index (χ0) is 22.1. The van der Waals surface area contributed by atoms with Gasteiger partial charge in [-0.3, -0.25) is 19.4 Å². The summed E-state index contributed by atoms with van der Waals surface area (Å²) < 4.78 is 6.73. The van der Waals surface area contributed by atoms with Crippen molar-refractivity contribution < 1.29 is 19.0 Å². The Bertz CT molecular complexity index is 1220. The monoisotopic (exact) mass is 437 g/mol. The van der Waals surface area contributed by atoms with E-state index in [4.69, 9.17) is 4.74 Å². The van der Waals surface area contributed by atoms with E-state index < -0.39 is 12.1 Å². The van der Waals surface area contributed by atoms with Gasteiger partial charge in [0.25, 0.3) is 6.17 Å². The molecule has 1 N–H and O–H groups in total.